The predicted molar refractivity (Wildman–Crippen MR) is 108 cm³/mol. The number of benzene rings is 1. The molecule has 1 fully saturated rings. The molecule has 1 saturated heterocycles. The molecular weight excluding hydrogens is 372 g/mol. The van der Waals surface area contributed by atoms with E-state index in [1.807, 2.05) is 13.0 Å². The number of thioether (sulfide) groups is 1. The summed E-state index contributed by atoms with van der Waals surface area (Å²) in [5.74, 6) is 3.00. The molecule has 0 atom stereocenters. The Morgan fingerprint density at radius 3 is 2.61 bits per heavy atom. The summed E-state index contributed by atoms with van der Waals surface area (Å²) in [5, 5.41) is 13.9. The van der Waals surface area contributed by atoms with Gasteiger partial charge in [0.25, 0.3) is 0 Å². The molecule has 0 unspecified atom stereocenters. The van der Waals surface area contributed by atoms with Crippen molar-refractivity contribution in [3.63, 3.8) is 0 Å². The van der Waals surface area contributed by atoms with Gasteiger partial charge in [-0.15, -0.1) is 10.2 Å². The SMILES string of the molecule is CCc1noc(CSc2nnc(CN3CCCCC3)n2Cc2ccccc2)n1. The Kier molecular flexibility index (Phi) is 6.38. The maximum absolute atomic E-state index is 5.32. The summed E-state index contributed by atoms with van der Waals surface area (Å²) in [6.45, 7) is 5.92. The number of aryl methyl sites for hydroxylation is 1. The van der Waals surface area contributed by atoms with Crippen LogP contribution in [0.1, 0.15) is 49.3 Å². The van der Waals surface area contributed by atoms with Gasteiger partial charge in [0.2, 0.25) is 5.89 Å². The first-order chi connectivity index (χ1) is 13.8. The Morgan fingerprint density at radius 2 is 1.86 bits per heavy atom. The minimum atomic E-state index is 0.601. The zero-order valence-electron chi connectivity index (χ0n) is 16.3. The number of hydrogen-bond acceptors (Lipinski definition) is 7. The predicted octanol–water partition coefficient (Wildman–Crippen LogP) is 3.55. The second-order valence-corrected chi connectivity index (χ2v) is 8.00. The lowest BCUT2D eigenvalue weighted by Gasteiger charge is -2.26. The molecule has 4 rings (SSSR count). The van der Waals surface area contributed by atoms with Crippen LogP contribution in [-0.2, 0) is 25.3 Å². The fourth-order valence-corrected chi connectivity index (χ4v) is 4.20. The second-order valence-electron chi connectivity index (χ2n) is 7.05. The molecule has 0 saturated carbocycles. The fourth-order valence-electron chi connectivity index (χ4n) is 3.40. The van der Waals surface area contributed by atoms with Crippen LogP contribution in [0.2, 0.25) is 0 Å². The largest absolute Gasteiger partial charge is 0.338 e. The molecule has 1 aliphatic heterocycles. The number of piperidine rings is 1. The maximum Gasteiger partial charge on any atom is 0.237 e. The van der Waals surface area contributed by atoms with Gasteiger partial charge in [-0.1, -0.05) is 60.6 Å². The molecule has 0 aliphatic carbocycles. The van der Waals surface area contributed by atoms with Gasteiger partial charge in [0, 0.05) is 6.42 Å². The Morgan fingerprint density at radius 1 is 1.04 bits per heavy atom. The number of nitrogens with zero attached hydrogens (tertiary/aromatic N) is 6. The molecule has 1 aliphatic rings. The molecule has 0 bridgehead atoms. The summed E-state index contributed by atoms with van der Waals surface area (Å²) >= 11 is 1.60. The van der Waals surface area contributed by atoms with Crippen LogP contribution in [0.15, 0.2) is 40.0 Å². The van der Waals surface area contributed by atoms with Gasteiger partial charge in [0.05, 0.1) is 18.8 Å². The monoisotopic (exact) mass is 398 g/mol. The standard InChI is InChI=1S/C20H26N6OS/c1-2-17-21-19(27-24-17)15-28-20-23-22-18(14-25-11-7-4-8-12-25)26(20)13-16-9-5-3-6-10-16/h3,5-6,9-10H,2,4,7-8,11-15H2,1H3. The molecule has 1 aromatic carbocycles. The van der Waals surface area contributed by atoms with Crippen LogP contribution in [0, 0.1) is 0 Å². The highest BCUT2D eigenvalue weighted by Crippen LogP contribution is 2.23. The lowest BCUT2D eigenvalue weighted by Crippen LogP contribution is -2.30. The van der Waals surface area contributed by atoms with E-state index in [1.54, 1.807) is 11.8 Å². The van der Waals surface area contributed by atoms with Crippen molar-refractivity contribution in [2.75, 3.05) is 13.1 Å². The van der Waals surface area contributed by atoms with E-state index in [9.17, 15) is 0 Å². The van der Waals surface area contributed by atoms with Gasteiger partial charge in [0.15, 0.2) is 11.0 Å². The summed E-state index contributed by atoms with van der Waals surface area (Å²) < 4.78 is 7.54. The van der Waals surface area contributed by atoms with Gasteiger partial charge in [-0.3, -0.25) is 4.90 Å². The summed E-state index contributed by atoms with van der Waals surface area (Å²) in [6, 6.07) is 10.5. The van der Waals surface area contributed by atoms with Gasteiger partial charge in [-0.05, 0) is 31.5 Å². The minimum absolute atomic E-state index is 0.601. The Labute approximate surface area is 169 Å². The van der Waals surface area contributed by atoms with Crippen molar-refractivity contribution in [3.8, 4) is 0 Å². The molecule has 2 aromatic heterocycles. The van der Waals surface area contributed by atoms with Gasteiger partial charge in [-0.25, -0.2) is 0 Å². The van der Waals surface area contributed by atoms with E-state index in [0.29, 0.717) is 11.6 Å². The smallest absolute Gasteiger partial charge is 0.237 e. The van der Waals surface area contributed by atoms with Crippen molar-refractivity contribution in [2.24, 2.45) is 0 Å². The number of aromatic nitrogens is 5. The third-order valence-corrected chi connectivity index (χ3v) is 5.89. The molecule has 7 nitrogen and oxygen atoms in total. The van der Waals surface area contributed by atoms with Crippen LogP contribution in [0.25, 0.3) is 0 Å². The lowest BCUT2D eigenvalue weighted by atomic mass is 10.1. The second kappa shape index (κ2) is 9.34. The summed E-state index contributed by atoms with van der Waals surface area (Å²) in [6.07, 6.45) is 4.65. The van der Waals surface area contributed by atoms with Crippen LogP contribution in [0.5, 0.6) is 0 Å². The zero-order chi connectivity index (χ0) is 19.2. The van der Waals surface area contributed by atoms with Gasteiger partial charge >= 0.3 is 0 Å². The van der Waals surface area contributed by atoms with Crippen molar-refractivity contribution >= 4 is 11.8 Å². The Bertz CT molecular complexity index is 872. The van der Waals surface area contributed by atoms with Crippen LogP contribution in [0.4, 0.5) is 0 Å². The quantitative estimate of drug-likeness (QED) is 0.537. The molecule has 0 amide bonds. The molecule has 0 radical (unpaired) electrons. The van der Waals surface area contributed by atoms with Gasteiger partial charge in [0.1, 0.15) is 5.82 Å². The Balaban J connectivity index is 1.52. The van der Waals surface area contributed by atoms with E-state index in [4.69, 9.17) is 4.52 Å². The highest BCUT2D eigenvalue weighted by atomic mass is 32.2. The number of hydrogen-bond donors (Lipinski definition) is 0. The molecule has 148 valence electrons. The van der Waals surface area contributed by atoms with Crippen LogP contribution >= 0.6 is 11.8 Å². The van der Waals surface area contributed by atoms with E-state index >= 15 is 0 Å². The van der Waals surface area contributed by atoms with E-state index in [1.165, 1.54) is 24.8 Å². The van der Waals surface area contributed by atoms with Gasteiger partial charge < -0.3 is 9.09 Å². The minimum Gasteiger partial charge on any atom is -0.338 e. The first kappa shape index (κ1) is 19.1. The van der Waals surface area contributed by atoms with Crippen molar-refractivity contribution in [2.45, 2.75) is 56.6 Å². The lowest BCUT2D eigenvalue weighted by molar-refractivity contribution is 0.213. The van der Waals surface area contributed by atoms with Crippen molar-refractivity contribution in [1.82, 2.24) is 29.8 Å². The first-order valence-electron chi connectivity index (χ1n) is 9.94. The average molecular weight is 399 g/mol. The number of likely N-dealkylation sites (tertiary alicyclic amines) is 1. The van der Waals surface area contributed by atoms with E-state index in [0.717, 1.165) is 49.4 Å². The van der Waals surface area contributed by atoms with Crippen molar-refractivity contribution in [3.05, 3.63) is 53.4 Å². The van der Waals surface area contributed by atoms with Gasteiger partial charge in [-0.2, -0.15) is 4.98 Å². The summed E-state index contributed by atoms with van der Waals surface area (Å²) in [5.41, 5.74) is 1.25. The maximum atomic E-state index is 5.32. The molecule has 3 aromatic rings. The molecule has 0 spiro atoms. The Hall–Kier alpha value is -2.19. The normalized spacial score (nSPS) is 15.2. The molecular formula is C20H26N6OS. The van der Waals surface area contributed by atoms with Crippen LogP contribution in [0.3, 0.4) is 0 Å². The summed E-state index contributed by atoms with van der Waals surface area (Å²) in [7, 11) is 0. The number of rotatable bonds is 8. The summed E-state index contributed by atoms with van der Waals surface area (Å²) in [4.78, 5) is 6.87. The van der Waals surface area contributed by atoms with E-state index < -0.39 is 0 Å². The highest BCUT2D eigenvalue weighted by Gasteiger charge is 2.18. The fraction of sp³-hybridized carbons (Fsp3) is 0.500. The zero-order valence-corrected chi connectivity index (χ0v) is 17.1. The average Bonchev–Trinajstić information content (AvgIpc) is 3.35. The third-order valence-electron chi connectivity index (χ3n) is 4.94. The van der Waals surface area contributed by atoms with Crippen molar-refractivity contribution in [1.29, 1.82) is 0 Å². The van der Waals surface area contributed by atoms with E-state index in [-0.39, 0.29) is 0 Å². The first-order valence-corrected chi connectivity index (χ1v) is 10.9. The molecule has 3 heterocycles. The molecule has 8 heteroatoms. The molecule has 28 heavy (non-hydrogen) atoms. The van der Waals surface area contributed by atoms with E-state index in [2.05, 4.69) is 54.1 Å². The van der Waals surface area contributed by atoms with Crippen LogP contribution < -0.4 is 0 Å². The van der Waals surface area contributed by atoms with Crippen molar-refractivity contribution < 1.29 is 4.52 Å². The third kappa shape index (κ3) is 4.80. The van der Waals surface area contributed by atoms with Crippen LogP contribution in [-0.4, -0.2) is 42.9 Å². The molecule has 0 N–H and O–H groups in total. The highest BCUT2D eigenvalue weighted by molar-refractivity contribution is 7.98. The topological polar surface area (TPSA) is 72.9 Å².